The fourth-order valence-corrected chi connectivity index (χ4v) is 2.69. The standard InChI is InChI=1S/C18H26BF2NO4/c1-11(16(23)24)7-8-22(6)15-13(20)9-12(10-14(15)21)19-25-17(2,3)18(4,5)26-19/h9-11H,7-8H2,1-6H3,(H,23,24). The van der Waals surface area contributed by atoms with Crippen molar-refractivity contribution in [1.82, 2.24) is 0 Å². The van der Waals surface area contributed by atoms with Gasteiger partial charge in [-0.1, -0.05) is 6.92 Å². The van der Waals surface area contributed by atoms with Gasteiger partial charge < -0.3 is 19.3 Å². The predicted molar refractivity (Wildman–Crippen MR) is 96.8 cm³/mol. The normalized spacial score (nSPS) is 19.5. The van der Waals surface area contributed by atoms with Gasteiger partial charge in [0.25, 0.3) is 0 Å². The summed E-state index contributed by atoms with van der Waals surface area (Å²) in [6.07, 6.45) is 0.281. The van der Waals surface area contributed by atoms with Crippen LogP contribution >= 0.6 is 0 Å². The molecule has 0 spiro atoms. The molecule has 1 aromatic carbocycles. The van der Waals surface area contributed by atoms with Crippen LogP contribution in [0.5, 0.6) is 0 Å². The highest BCUT2D eigenvalue weighted by molar-refractivity contribution is 6.62. The van der Waals surface area contributed by atoms with Gasteiger partial charge in [0.15, 0.2) is 0 Å². The molecule has 26 heavy (non-hydrogen) atoms. The zero-order valence-electron chi connectivity index (χ0n) is 16.1. The Labute approximate surface area is 153 Å². The highest BCUT2D eigenvalue weighted by Crippen LogP contribution is 2.36. The van der Waals surface area contributed by atoms with Crippen molar-refractivity contribution in [3.05, 3.63) is 23.8 Å². The van der Waals surface area contributed by atoms with Gasteiger partial charge in [-0.3, -0.25) is 4.79 Å². The number of carbonyl (C=O) groups is 1. The number of hydrogen-bond donors (Lipinski definition) is 1. The molecule has 0 aromatic heterocycles. The van der Waals surface area contributed by atoms with E-state index in [0.29, 0.717) is 0 Å². The lowest BCUT2D eigenvalue weighted by Crippen LogP contribution is -2.41. The second-order valence-corrected chi connectivity index (χ2v) is 7.87. The van der Waals surface area contributed by atoms with Crippen molar-refractivity contribution >= 4 is 24.2 Å². The van der Waals surface area contributed by atoms with E-state index in [1.54, 1.807) is 6.92 Å². The highest BCUT2D eigenvalue weighted by Gasteiger charge is 2.52. The Bertz CT molecular complexity index is 657. The van der Waals surface area contributed by atoms with Crippen molar-refractivity contribution in [2.75, 3.05) is 18.5 Å². The van der Waals surface area contributed by atoms with Crippen LogP contribution in [-0.2, 0) is 14.1 Å². The minimum absolute atomic E-state index is 0.192. The third-order valence-electron chi connectivity index (χ3n) is 5.27. The molecule has 1 fully saturated rings. The lowest BCUT2D eigenvalue weighted by atomic mass is 9.79. The lowest BCUT2D eigenvalue weighted by Gasteiger charge is -2.32. The van der Waals surface area contributed by atoms with E-state index in [-0.39, 0.29) is 24.1 Å². The summed E-state index contributed by atoms with van der Waals surface area (Å²) in [6, 6.07) is 2.41. The number of carboxylic acids is 1. The van der Waals surface area contributed by atoms with Gasteiger partial charge in [0.2, 0.25) is 0 Å². The van der Waals surface area contributed by atoms with Crippen molar-refractivity contribution in [2.45, 2.75) is 52.2 Å². The van der Waals surface area contributed by atoms with E-state index in [2.05, 4.69) is 0 Å². The minimum Gasteiger partial charge on any atom is -0.481 e. The van der Waals surface area contributed by atoms with E-state index in [4.69, 9.17) is 14.4 Å². The number of carboxylic acid groups (broad SMARTS) is 1. The van der Waals surface area contributed by atoms with E-state index in [1.165, 1.54) is 24.1 Å². The van der Waals surface area contributed by atoms with E-state index in [1.807, 2.05) is 27.7 Å². The lowest BCUT2D eigenvalue weighted by molar-refractivity contribution is -0.141. The largest absolute Gasteiger partial charge is 0.495 e. The van der Waals surface area contributed by atoms with Gasteiger partial charge in [0, 0.05) is 13.6 Å². The maximum absolute atomic E-state index is 14.6. The summed E-state index contributed by atoms with van der Waals surface area (Å²) in [5.41, 5.74) is -1.13. The Morgan fingerprint density at radius 1 is 1.19 bits per heavy atom. The second-order valence-electron chi connectivity index (χ2n) is 7.87. The molecule has 1 aliphatic heterocycles. The van der Waals surface area contributed by atoms with Gasteiger partial charge in [-0.15, -0.1) is 0 Å². The summed E-state index contributed by atoms with van der Waals surface area (Å²) in [6.45, 7) is 9.25. The number of halogens is 2. The smallest absolute Gasteiger partial charge is 0.481 e. The molecule has 1 N–H and O–H groups in total. The molecular formula is C18H26BF2NO4. The first-order valence-corrected chi connectivity index (χ1v) is 8.64. The molecule has 1 atom stereocenters. The fourth-order valence-electron chi connectivity index (χ4n) is 2.69. The summed E-state index contributed by atoms with van der Waals surface area (Å²) in [4.78, 5) is 12.3. The average molecular weight is 369 g/mol. The Hall–Kier alpha value is -1.67. The van der Waals surface area contributed by atoms with Gasteiger partial charge >= 0.3 is 13.1 Å². The Morgan fingerprint density at radius 2 is 1.65 bits per heavy atom. The summed E-state index contributed by atoms with van der Waals surface area (Å²) in [7, 11) is 0.681. The maximum atomic E-state index is 14.6. The topological polar surface area (TPSA) is 59.0 Å². The monoisotopic (exact) mass is 369 g/mol. The van der Waals surface area contributed by atoms with Crippen LogP contribution in [0.4, 0.5) is 14.5 Å². The molecule has 144 valence electrons. The molecule has 0 bridgehead atoms. The third-order valence-corrected chi connectivity index (χ3v) is 5.27. The van der Waals surface area contributed by atoms with Gasteiger partial charge in [-0.2, -0.15) is 0 Å². The van der Waals surface area contributed by atoms with Crippen LogP contribution in [0.1, 0.15) is 41.0 Å². The number of anilines is 1. The van der Waals surface area contributed by atoms with Crippen LogP contribution in [0.15, 0.2) is 12.1 Å². The van der Waals surface area contributed by atoms with E-state index < -0.39 is 41.8 Å². The molecule has 0 radical (unpaired) electrons. The van der Waals surface area contributed by atoms with Crippen molar-refractivity contribution in [3.8, 4) is 0 Å². The Kier molecular flexibility index (Phi) is 5.68. The maximum Gasteiger partial charge on any atom is 0.495 e. The zero-order valence-corrected chi connectivity index (χ0v) is 16.1. The molecule has 1 aliphatic rings. The summed E-state index contributed by atoms with van der Waals surface area (Å²) >= 11 is 0. The van der Waals surface area contributed by atoms with Gasteiger partial charge in [0.1, 0.15) is 17.3 Å². The van der Waals surface area contributed by atoms with Crippen LogP contribution < -0.4 is 10.4 Å². The Morgan fingerprint density at radius 3 is 2.08 bits per heavy atom. The molecule has 0 saturated carbocycles. The van der Waals surface area contributed by atoms with Crippen LogP contribution in [0, 0.1) is 17.6 Å². The van der Waals surface area contributed by atoms with Crippen molar-refractivity contribution in [3.63, 3.8) is 0 Å². The molecule has 5 nitrogen and oxygen atoms in total. The fraction of sp³-hybridized carbons (Fsp3) is 0.611. The molecule has 0 aliphatic carbocycles. The first-order chi connectivity index (χ1) is 11.9. The second kappa shape index (κ2) is 7.16. The molecule has 1 saturated heterocycles. The molecule has 0 amide bonds. The van der Waals surface area contributed by atoms with E-state index >= 15 is 0 Å². The van der Waals surface area contributed by atoms with Crippen LogP contribution in [0.2, 0.25) is 0 Å². The number of hydrogen-bond acceptors (Lipinski definition) is 4. The Balaban J connectivity index is 2.20. The van der Waals surface area contributed by atoms with Crippen molar-refractivity contribution in [2.24, 2.45) is 5.92 Å². The zero-order chi connectivity index (χ0) is 19.9. The quantitative estimate of drug-likeness (QED) is 0.782. The highest BCUT2D eigenvalue weighted by atomic mass is 19.1. The van der Waals surface area contributed by atoms with Crippen LogP contribution in [0.3, 0.4) is 0 Å². The molecule has 1 aromatic rings. The molecule has 2 rings (SSSR count). The number of rotatable bonds is 6. The van der Waals surface area contributed by atoms with Gasteiger partial charge in [-0.05, 0) is 51.7 Å². The summed E-state index contributed by atoms with van der Waals surface area (Å²) in [5, 5.41) is 8.92. The molecular weight excluding hydrogens is 343 g/mol. The summed E-state index contributed by atoms with van der Waals surface area (Å²) < 4.78 is 40.8. The molecule has 1 unspecified atom stereocenters. The number of aliphatic carboxylic acids is 1. The number of nitrogens with zero attached hydrogens (tertiary/aromatic N) is 1. The first kappa shape index (κ1) is 20.6. The predicted octanol–water partition coefficient (Wildman–Crippen LogP) is 2.81. The minimum atomic E-state index is -0.935. The van der Waals surface area contributed by atoms with E-state index in [0.717, 1.165) is 0 Å². The van der Waals surface area contributed by atoms with Crippen molar-refractivity contribution < 1.29 is 28.0 Å². The molecule has 8 heteroatoms. The SMILES string of the molecule is CC(CCN(C)c1c(F)cc(B2OC(C)(C)C(C)(C)O2)cc1F)C(=O)O. The van der Waals surface area contributed by atoms with Crippen LogP contribution in [0.25, 0.3) is 0 Å². The third kappa shape index (κ3) is 4.01. The average Bonchev–Trinajstić information content (AvgIpc) is 2.72. The van der Waals surface area contributed by atoms with Crippen LogP contribution in [-0.4, -0.2) is 43.0 Å². The first-order valence-electron chi connectivity index (χ1n) is 8.64. The van der Waals surface area contributed by atoms with Gasteiger partial charge in [-0.25, -0.2) is 8.78 Å². The van der Waals surface area contributed by atoms with E-state index in [9.17, 15) is 13.6 Å². The van der Waals surface area contributed by atoms with Crippen molar-refractivity contribution in [1.29, 1.82) is 0 Å². The van der Waals surface area contributed by atoms with Gasteiger partial charge in [0.05, 0.1) is 17.1 Å². The number of benzene rings is 1. The molecule has 1 heterocycles. The summed E-state index contributed by atoms with van der Waals surface area (Å²) in [5.74, 6) is -3.00.